The molecule has 2 aromatic carbocycles. The number of carbonyl (C=O) groups excluding carboxylic acids is 1. The highest BCUT2D eigenvalue weighted by Crippen LogP contribution is 2.30. The third-order valence-electron chi connectivity index (χ3n) is 6.04. The summed E-state index contributed by atoms with van der Waals surface area (Å²) in [5.41, 5.74) is 3.17. The van der Waals surface area contributed by atoms with E-state index >= 15 is 0 Å². The van der Waals surface area contributed by atoms with Crippen LogP contribution in [0.25, 0.3) is 16.7 Å². The zero-order valence-electron chi connectivity index (χ0n) is 19.0. The van der Waals surface area contributed by atoms with Crippen molar-refractivity contribution in [1.29, 1.82) is 0 Å². The number of rotatable bonds is 3. The van der Waals surface area contributed by atoms with E-state index in [2.05, 4.69) is 4.90 Å². The molecular weight excluding hydrogens is 471 g/mol. The zero-order valence-corrected chi connectivity index (χ0v) is 20.5. The second-order valence-corrected chi connectivity index (χ2v) is 9.28. The molecule has 0 bridgehead atoms. The molecule has 1 aliphatic rings. The van der Waals surface area contributed by atoms with Crippen LogP contribution >= 0.6 is 23.2 Å². The number of carbonyl (C=O) groups is 1. The Hall–Kier alpha value is -3.16. The van der Waals surface area contributed by atoms with E-state index in [0.29, 0.717) is 41.1 Å². The fraction of sp³-hybridized carbons (Fsp3) is 0.280. The lowest BCUT2D eigenvalue weighted by molar-refractivity contribution is 0.0767. The molecule has 0 N–H and O–H groups in total. The fourth-order valence-electron chi connectivity index (χ4n) is 4.37. The van der Waals surface area contributed by atoms with Gasteiger partial charge in [-0.1, -0.05) is 23.2 Å². The first-order valence-corrected chi connectivity index (χ1v) is 12.0. The molecule has 0 unspecified atom stereocenters. The summed E-state index contributed by atoms with van der Waals surface area (Å²) in [4.78, 5) is 26.7. The summed E-state index contributed by atoms with van der Waals surface area (Å²) in [5, 5.41) is 6.99. The minimum atomic E-state index is 0.0225. The highest BCUT2D eigenvalue weighted by Gasteiger charge is 2.25. The molecule has 1 amide bonds. The number of aromatic nitrogens is 4. The van der Waals surface area contributed by atoms with Gasteiger partial charge < -0.3 is 9.80 Å². The Morgan fingerprint density at radius 3 is 2.24 bits per heavy atom. The van der Waals surface area contributed by atoms with E-state index in [1.165, 1.54) is 0 Å². The number of amides is 1. The van der Waals surface area contributed by atoms with E-state index in [1.807, 2.05) is 47.7 Å². The van der Waals surface area contributed by atoms with Crippen molar-refractivity contribution in [1.82, 2.24) is 24.6 Å². The zero-order chi connectivity index (χ0) is 23.8. The van der Waals surface area contributed by atoms with Gasteiger partial charge in [-0.15, -0.1) is 0 Å². The third-order valence-corrected chi connectivity index (χ3v) is 6.54. The largest absolute Gasteiger partial charge is 0.354 e. The van der Waals surface area contributed by atoms with Crippen LogP contribution in [0, 0.1) is 13.8 Å². The molecule has 5 rings (SSSR count). The lowest BCUT2D eigenvalue weighted by atomic mass is 10.2. The van der Waals surface area contributed by atoms with Gasteiger partial charge in [-0.2, -0.15) is 5.10 Å². The molecule has 9 heteroatoms. The summed E-state index contributed by atoms with van der Waals surface area (Å²) in [7, 11) is 0. The summed E-state index contributed by atoms with van der Waals surface area (Å²) in [6, 6.07) is 14.6. The Labute approximate surface area is 207 Å². The predicted molar refractivity (Wildman–Crippen MR) is 135 cm³/mol. The van der Waals surface area contributed by atoms with Crippen molar-refractivity contribution < 1.29 is 4.79 Å². The average Bonchev–Trinajstić information content (AvgIpc) is 2.99. The van der Waals surface area contributed by atoms with Crippen LogP contribution in [0.3, 0.4) is 0 Å². The van der Waals surface area contributed by atoms with E-state index in [-0.39, 0.29) is 5.91 Å². The number of fused-ring (bicyclic) bond motifs is 1. The van der Waals surface area contributed by atoms with Gasteiger partial charge in [0, 0.05) is 41.8 Å². The van der Waals surface area contributed by atoms with Crippen molar-refractivity contribution in [3.63, 3.8) is 0 Å². The Morgan fingerprint density at radius 2 is 1.53 bits per heavy atom. The van der Waals surface area contributed by atoms with E-state index in [9.17, 15) is 4.79 Å². The van der Waals surface area contributed by atoms with Crippen molar-refractivity contribution in [2.45, 2.75) is 20.3 Å². The van der Waals surface area contributed by atoms with Gasteiger partial charge in [-0.25, -0.2) is 14.6 Å². The molecule has 2 aromatic heterocycles. The Kier molecular flexibility index (Phi) is 6.15. The van der Waals surface area contributed by atoms with Crippen molar-refractivity contribution in [3.05, 3.63) is 75.7 Å². The maximum Gasteiger partial charge on any atom is 0.253 e. The maximum atomic E-state index is 13.0. The number of nitrogens with zero attached hydrogens (tertiary/aromatic N) is 6. The van der Waals surface area contributed by atoms with E-state index < -0.39 is 0 Å². The molecule has 4 aromatic rings. The second-order valence-electron chi connectivity index (χ2n) is 8.41. The number of halogens is 2. The third kappa shape index (κ3) is 4.33. The van der Waals surface area contributed by atoms with Gasteiger partial charge in [0.05, 0.1) is 16.8 Å². The molecule has 1 saturated heterocycles. The van der Waals surface area contributed by atoms with Gasteiger partial charge in [0.15, 0.2) is 5.65 Å². The van der Waals surface area contributed by atoms with Gasteiger partial charge in [-0.3, -0.25) is 4.79 Å². The molecule has 34 heavy (non-hydrogen) atoms. The topological polar surface area (TPSA) is 67.2 Å². The van der Waals surface area contributed by atoms with Gasteiger partial charge in [-0.05, 0) is 68.8 Å². The average molecular weight is 495 g/mol. The van der Waals surface area contributed by atoms with Gasteiger partial charge in [0.2, 0.25) is 0 Å². The molecule has 7 nitrogen and oxygen atoms in total. The number of aryl methyl sites for hydroxylation is 2. The fourth-order valence-corrected chi connectivity index (χ4v) is 4.62. The van der Waals surface area contributed by atoms with E-state index in [1.54, 1.807) is 24.3 Å². The molecule has 0 aliphatic carbocycles. The Balaban J connectivity index is 1.45. The molecule has 174 valence electrons. The standard InChI is InChI=1S/C25H24Cl2N6O/c1-16-22-23(28-17(2)29-24(22)33(30-16)21-10-8-20(27)9-11-21)31-12-3-13-32(15-14-31)25(34)18-4-6-19(26)7-5-18/h4-11H,3,12-15H2,1-2H3. The number of benzene rings is 2. The molecule has 1 fully saturated rings. The van der Waals surface area contributed by atoms with E-state index in [0.717, 1.165) is 41.2 Å². The second kappa shape index (κ2) is 9.24. The molecular formula is C25H24Cl2N6O. The first-order chi connectivity index (χ1) is 16.4. The van der Waals surface area contributed by atoms with Crippen molar-refractivity contribution >= 4 is 46.0 Å². The Morgan fingerprint density at radius 1 is 0.853 bits per heavy atom. The first-order valence-electron chi connectivity index (χ1n) is 11.2. The SMILES string of the molecule is Cc1nc(N2CCCN(C(=O)c3ccc(Cl)cc3)CC2)c2c(C)nn(-c3ccc(Cl)cc3)c2n1. The molecule has 3 heterocycles. The van der Waals surface area contributed by atoms with Crippen LogP contribution in [-0.2, 0) is 0 Å². The summed E-state index contributed by atoms with van der Waals surface area (Å²) in [6.07, 6.45) is 0.842. The van der Waals surface area contributed by atoms with Crippen LogP contribution in [0.2, 0.25) is 10.0 Å². The monoisotopic (exact) mass is 494 g/mol. The van der Waals surface area contributed by atoms with Crippen LogP contribution in [-0.4, -0.2) is 56.7 Å². The van der Waals surface area contributed by atoms with Gasteiger partial charge in [0.25, 0.3) is 5.91 Å². The van der Waals surface area contributed by atoms with Gasteiger partial charge >= 0.3 is 0 Å². The molecule has 0 spiro atoms. The first kappa shape index (κ1) is 22.6. The molecule has 0 saturated carbocycles. The highest BCUT2D eigenvalue weighted by molar-refractivity contribution is 6.30. The lowest BCUT2D eigenvalue weighted by Gasteiger charge is -2.24. The van der Waals surface area contributed by atoms with Crippen molar-refractivity contribution in [2.24, 2.45) is 0 Å². The lowest BCUT2D eigenvalue weighted by Crippen LogP contribution is -2.35. The number of anilines is 1. The Bertz CT molecular complexity index is 1350. The smallest absolute Gasteiger partial charge is 0.253 e. The molecule has 0 radical (unpaired) electrons. The van der Waals surface area contributed by atoms with Crippen molar-refractivity contribution in [2.75, 3.05) is 31.1 Å². The van der Waals surface area contributed by atoms with Crippen molar-refractivity contribution in [3.8, 4) is 5.69 Å². The predicted octanol–water partition coefficient (Wildman–Crippen LogP) is 5.09. The summed E-state index contributed by atoms with van der Waals surface area (Å²) < 4.78 is 1.84. The molecule has 0 atom stereocenters. The maximum absolute atomic E-state index is 13.0. The number of hydrogen-bond donors (Lipinski definition) is 0. The summed E-state index contributed by atoms with van der Waals surface area (Å²) in [5.74, 6) is 1.56. The minimum Gasteiger partial charge on any atom is -0.354 e. The van der Waals surface area contributed by atoms with Crippen LogP contribution in [0.15, 0.2) is 48.5 Å². The van der Waals surface area contributed by atoms with Crippen LogP contribution in [0.1, 0.15) is 28.3 Å². The number of hydrogen-bond acceptors (Lipinski definition) is 5. The molecule has 1 aliphatic heterocycles. The highest BCUT2D eigenvalue weighted by atomic mass is 35.5. The van der Waals surface area contributed by atoms with Gasteiger partial charge in [0.1, 0.15) is 11.6 Å². The quantitative estimate of drug-likeness (QED) is 0.396. The minimum absolute atomic E-state index is 0.0225. The van der Waals surface area contributed by atoms with Crippen LogP contribution < -0.4 is 4.90 Å². The summed E-state index contributed by atoms with van der Waals surface area (Å²) in [6.45, 7) is 6.64. The van der Waals surface area contributed by atoms with Crippen LogP contribution in [0.4, 0.5) is 5.82 Å². The van der Waals surface area contributed by atoms with Crippen LogP contribution in [0.5, 0.6) is 0 Å². The normalized spacial score (nSPS) is 14.5. The summed E-state index contributed by atoms with van der Waals surface area (Å²) >= 11 is 12.1. The van der Waals surface area contributed by atoms with E-state index in [4.69, 9.17) is 38.3 Å².